The first-order chi connectivity index (χ1) is 13.5. The molecule has 0 aliphatic heterocycles. The molecule has 0 spiro atoms. The maximum absolute atomic E-state index is 12.2. The molecule has 0 saturated heterocycles. The summed E-state index contributed by atoms with van der Waals surface area (Å²) >= 11 is 0. The molecule has 8 heteroatoms. The minimum Gasteiger partial charge on any atom is -0.484 e. The molecule has 0 fully saturated rings. The average molecular weight is 411 g/mol. The lowest BCUT2D eigenvalue weighted by molar-refractivity contribution is -0.274. The number of carbonyl (C=O) groups excluding carboxylic acids is 1. The standard InChI is InChI=1S/C21H24F3NO4/c1-13(2)18-9-8-17(10-14(18)3)28-12-20(27)25-11-19(26)15-4-6-16(7-5-15)29-21(22,23)24/h4-10,13,19,26H,11-12H2,1-3H3,(H,25,27). The molecule has 2 rings (SSSR count). The number of aliphatic hydroxyl groups excluding tert-OH is 1. The van der Waals surface area contributed by atoms with Crippen molar-refractivity contribution in [2.45, 2.75) is 39.2 Å². The molecule has 1 amide bonds. The molecule has 0 bridgehead atoms. The Morgan fingerprint density at radius 2 is 1.72 bits per heavy atom. The predicted molar refractivity (Wildman–Crippen MR) is 102 cm³/mol. The molecule has 2 aromatic rings. The highest BCUT2D eigenvalue weighted by Gasteiger charge is 2.31. The third kappa shape index (κ3) is 7.30. The van der Waals surface area contributed by atoms with Crippen LogP contribution in [-0.2, 0) is 4.79 Å². The number of halogens is 3. The molecule has 0 saturated carbocycles. The van der Waals surface area contributed by atoms with E-state index in [9.17, 15) is 23.1 Å². The van der Waals surface area contributed by atoms with E-state index < -0.39 is 18.4 Å². The third-order valence-electron chi connectivity index (χ3n) is 4.22. The topological polar surface area (TPSA) is 67.8 Å². The zero-order valence-corrected chi connectivity index (χ0v) is 16.4. The number of aliphatic hydroxyl groups is 1. The van der Waals surface area contributed by atoms with Gasteiger partial charge in [0.15, 0.2) is 6.61 Å². The first-order valence-corrected chi connectivity index (χ1v) is 9.09. The zero-order valence-electron chi connectivity index (χ0n) is 16.4. The quantitative estimate of drug-likeness (QED) is 0.682. The van der Waals surface area contributed by atoms with Gasteiger partial charge in [0.25, 0.3) is 5.91 Å². The Labute approximate surface area is 167 Å². The maximum atomic E-state index is 12.2. The summed E-state index contributed by atoms with van der Waals surface area (Å²) in [5, 5.41) is 12.6. The molecular formula is C21H24F3NO4. The Kier molecular flexibility index (Phi) is 7.50. The van der Waals surface area contributed by atoms with E-state index >= 15 is 0 Å². The van der Waals surface area contributed by atoms with Crippen molar-refractivity contribution in [3.63, 3.8) is 0 Å². The number of hydrogen-bond donors (Lipinski definition) is 2. The van der Waals surface area contributed by atoms with Gasteiger partial charge in [0.2, 0.25) is 0 Å². The lowest BCUT2D eigenvalue weighted by atomic mass is 9.98. The zero-order chi connectivity index (χ0) is 21.6. The fourth-order valence-corrected chi connectivity index (χ4v) is 2.81. The molecule has 2 N–H and O–H groups in total. The molecule has 0 heterocycles. The summed E-state index contributed by atoms with van der Waals surface area (Å²) in [6, 6.07) is 10.4. The van der Waals surface area contributed by atoms with Crippen molar-refractivity contribution in [1.82, 2.24) is 5.32 Å². The van der Waals surface area contributed by atoms with Crippen LogP contribution in [0.25, 0.3) is 0 Å². The second kappa shape index (κ2) is 9.65. The summed E-state index contributed by atoms with van der Waals surface area (Å²) in [4.78, 5) is 11.9. The van der Waals surface area contributed by atoms with Gasteiger partial charge in [-0.25, -0.2) is 0 Å². The lowest BCUT2D eigenvalue weighted by Gasteiger charge is -2.15. The van der Waals surface area contributed by atoms with Gasteiger partial charge in [-0.3, -0.25) is 4.79 Å². The van der Waals surface area contributed by atoms with Crippen LogP contribution < -0.4 is 14.8 Å². The number of nitrogens with one attached hydrogen (secondary N) is 1. The van der Waals surface area contributed by atoms with E-state index in [0.717, 1.165) is 17.7 Å². The summed E-state index contributed by atoms with van der Waals surface area (Å²) in [5.74, 6) is 0.155. The average Bonchev–Trinajstić information content (AvgIpc) is 2.63. The van der Waals surface area contributed by atoms with Gasteiger partial charge >= 0.3 is 6.36 Å². The second-order valence-electron chi connectivity index (χ2n) is 6.90. The number of rotatable bonds is 8. The van der Waals surface area contributed by atoms with Crippen LogP contribution in [0, 0.1) is 6.92 Å². The molecule has 0 aromatic heterocycles. The molecule has 1 unspecified atom stereocenters. The highest BCUT2D eigenvalue weighted by Crippen LogP contribution is 2.25. The van der Waals surface area contributed by atoms with Crippen molar-refractivity contribution in [2.75, 3.05) is 13.2 Å². The number of amides is 1. The highest BCUT2D eigenvalue weighted by atomic mass is 19.4. The van der Waals surface area contributed by atoms with Crippen LogP contribution in [0.15, 0.2) is 42.5 Å². The number of benzene rings is 2. The Bertz CT molecular complexity index is 820. The van der Waals surface area contributed by atoms with Gasteiger partial charge in [-0.1, -0.05) is 32.0 Å². The Morgan fingerprint density at radius 3 is 2.28 bits per heavy atom. The summed E-state index contributed by atoms with van der Waals surface area (Å²) < 4.78 is 45.7. The summed E-state index contributed by atoms with van der Waals surface area (Å²) in [5.41, 5.74) is 2.63. The number of alkyl halides is 3. The van der Waals surface area contributed by atoms with E-state index in [2.05, 4.69) is 23.9 Å². The second-order valence-corrected chi connectivity index (χ2v) is 6.90. The van der Waals surface area contributed by atoms with Gasteiger partial charge in [0, 0.05) is 6.54 Å². The molecule has 1 atom stereocenters. The van der Waals surface area contributed by atoms with Crippen LogP contribution in [0.3, 0.4) is 0 Å². The summed E-state index contributed by atoms with van der Waals surface area (Å²) in [6.07, 6.45) is -5.85. The molecule has 0 radical (unpaired) electrons. The molecule has 29 heavy (non-hydrogen) atoms. The smallest absolute Gasteiger partial charge is 0.484 e. The molecule has 2 aromatic carbocycles. The lowest BCUT2D eigenvalue weighted by Crippen LogP contribution is -2.32. The van der Waals surface area contributed by atoms with Gasteiger partial charge < -0.3 is 19.9 Å². The van der Waals surface area contributed by atoms with Crippen molar-refractivity contribution >= 4 is 5.91 Å². The fourth-order valence-electron chi connectivity index (χ4n) is 2.81. The van der Waals surface area contributed by atoms with Crippen molar-refractivity contribution in [1.29, 1.82) is 0 Å². The minimum absolute atomic E-state index is 0.104. The van der Waals surface area contributed by atoms with Gasteiger partial charge in [-0.05, 0) is 53.8 Å². The first kappa shape index (κ1) is 22.5. The van der Waals surface area contributed by atoms with Gasteiger partial charge in [0.05, 0.1) is 6.10 Å². The number of carbonyl (C=O) groups is 1. The minimum atomic E-state index is -4.78. The number of hydrogen-bond acceptors (Lipinski definition) is 4. The van der Waals surface area contributed by atoms with Crippen LogP contribution in [0.5, 0.6) is 11.5 Å². The first-order valence-electron chi connectivity index (χ1n) is 9.09. The van der Waals surface area contributed by atoms with E-state index in [1.807, 2.05) is 19.1 Å². The molecular weight excluding hydrogens is 387 g/mol. The highest BCUT2D eigenvalue weighted by molar-refractivity contribution is 5.77. The monoisotopic (exact) mass is 411 g/mol. The largest absolute Gasteiger partial charge is 0.573 e. The van der Waals surface area contributed by atoms with Gasteiger partial charge in [-0.15, -0.1) is 13.2 Å². The maximum Gasteiger partial charge on any atom is 0.573 e. The van der Waals surface area contributed by atoms with Crippen molar-refractivity contribution in [2.24, 2.45) is 0 Å². The molecule has 5 nitrogen and oxygen atoms in total. The van der Waals surface area contributed by atoms with E-state index in [1.54, 1.807) is 6.07 Å². The fraction of sp³-hybridized carbons (Fsp3) is 0.381. The molecule has 158 valence electrons. The van der Waals surface area contributed by atoms with E-state index in [0.29, 0.717) is 17.2 Å². The van der Waals surface area contributed by atoms with Crippen LogP contribution >= 0.6 is 0 Å². The Hall–Kier alpha value is -2.74. The number of ether oxygens (including phenoxy) is 2. The van der Waals surface area contributed by atoms with Crippen molar-refractivity contribution in [3.8, 4) is 11.5 Å². The Balaban J connectivity index is 1.80. The van der Waals surface area contributed by atoms with E-state index in [-0.39, 0.29) is 18.9 Å². The van der Waals surface area contributed by atoms with E-state index in [4.69, 9.17) is 4.74 Å². The van der Waals surface area contributed by atoms with Gasteiger partial charge in [0.1, 0.15) is 11.5 Å². The summed E-state index contributed by atoms with van der Waals surface area (Å²) in [6.45, 7) is 5.85. The number of aryl methyl sites for hydroxylation is 1. The van der Waals surface area contributed by atoms with Crippen molar-refractivity contribution in [3.05, 3.63) is 59.2 Å². The van der Waals surface area contributed by atoms with Crippen LogP contribution in [0.2, 0.25) is 0 Å². The summed E-state index contributed by atoms with van der Waals surface area (Å²) in [7, 11) is 0. The van der Waals surface area contributed by atoms with Crippen LogP contribution in [0.1, 0.15) is 42.6 Å². The SMILES string of the molecule is Cc1cc(OCC(=O)NCC(O)c2ccc(OC(F)(F)F)cc2)ccc1C(C)C. The third-order valence-corrected chi connectivity index (χ3v) is 4.22. The van der Waals surface area contributed by atoms with Gasteiger partial charge in [-0.2, -0.15) is 0 Å². The normalized spacial score (nSPS) is 12.6. The Morgan fingerprint density at radius 1 is 1.10 bits per heavy atom. The van der Waals surface area contributed by atoms with Crippen LogP contribution in [-0.4, -0.2) is 30.5 Å². The predicted octanol–water partition coefficient (Wildman–Crippen LogP) is 4.25. The van der Waals surface area contributed by atoms with E-state index in [1.165, 1.54) is 17.7 Å². The van der Waals surface area contributed by atoms with Crippen LogP contribution in [0.4, 0.5) is 13.2 Å². The molecule has 0 aliphatic rings. The van der Waals surface area contributed by atoms with Crippen molar-refractivity contribution < 1.29 is 32.5 Å². The molecule has 0 aliphatic carbocycles.